The average Bonchev–Trinajstić information content (AvgIpc) is 3.58. The second kappa shape index (κ2) is 9.29. The van der Waals surface area contributed by atoms with Crippen molar-refractivity contribution in [3.63, 3.8) is 0 Å². The summed E-state index contributed by atoms with van der Waals surface area (Å²) >= 11 is 6.63. The lowest BCUT2D eigenvalue weighted by molar-refractivity contribution is 0.0734. The molecule has 0 atom stereocenters. The molecule has 0 saturated carbocycles. The van der Waals surface area contributed by atoms with E-state index >= 15 is 0 Å². The summed E-state index contributed by atoms with van der Waals surface area (Å²) in [6, 6.07) is 9.34. The predicted octanol–water partition coefficient (Wildman–Crippen LogP) is 5.00. The molecule has 4 aromatic heterocycles. The Balaban J connectivity index is 1.51. The number of rotatable bonds is 8. The van der Waals surface area contributed by atoms with Crippen molar-refractivity contribution >= 4 is 34.8 Å². The van der Waals surface area contributed by atoms with Crippen LogP contribution in [0.1, 0.15) is 50.4 Å². The monoisotopic (exact) mass is 505 g/mol. The fourth-order valence-corrected chi connectivity index (χ4v) is 4.13. The van der Waals surface area contributed by atoms with Crippen LogP contribution in [0.5, 0.6) is 0 Å². The van der Waals surface area contributed by atoms with Gasteiger partial charge in [-0.3, -0.25) is 0 Å². The van der Waals surface area contributed by atoms with Crippen LogP contribution in [-0.4, -0.2) is 39.5 Å². The minimum Gasteiger partial charge on any atom is -0.384 e. The van der Waals surface area contributed by atoms with Crippen molar-refractivity contribution in [2.75, 3.05) is 10.6 Å². The molecule has 5 aromatic rings. The number of aliphatic hydroxyl groups is 1. The van der Waals surface area contributed by atoms with Crippen molar-refractivity contribution < 1.29 is 5.11 Å². The van der Waals surface area contributed by atoms with Crippen molar-refractivity contribution in [2.24, 2.45) is 0 Å². The number of hydrogen-bond donors (Lipinski definition) is 4. The van der Waals surface area contributed by atoms with E-state index in [1.165, 1.54) is 0 Å². The highest BCUT2D eigenvalue weighted by atomic mass is 35.5. The fraction of sp³-hybridized carbons (Fsp3) is 0.280. The first-order valence-electron chi connectivity index (χ1n) is 11.7. The number of nitrogens with zero attached hydrogens (tertiary/aromatic N) is 6. The van der Waals surface area contributed by atoms with Crippen LogP contribution < -0.4 is 10.6 Å². The van der Waals surface area contributed by atoms with Gasteiger partial charge in [0.05, 0.1) is 23.3 Å². The molecule has 0 aliphatic heterocycles. The number of anilines is 3. The van der Waals surface area contributed by atoms with Crippen LogP contribution >= 0.6 is 11.6 Å². The first kappa shape index (κ1) is 23.8. The Kier molecular flexibility index (Phi) is 6.15. The fourth-order valence-electron chi connectivity index (χ4n) is 3.89. The quantitative estimate of drug-likeness (QED) is 0.234. The largest absolute Gasteiger partial charge is 0.384 e. The zero-order chi connectivity index (χ0) is 25.4. The molecule has 0 unspecified atom stereocenters. The number of aromatic amines is 1. The second-order valence-electron chi connectivity index (χ2n) is 9.38. The summed E-state index contributed by atoms with van der Waals surface area (Å²) in [6.07, 6.45) is 7.30. The first-order chi connectivity index (χ1) is 17.2. The standard InChI is InChI=1S/C25H28ClN9O/c1-15(2)17-14-29-35-22(17)31-23(30-16-8-10-27-12-16)32-24(35)28-13-18-19(26)6-5-7-20(18)34-11-9-21(33-34)25(3,4)36/h5-12,14-15,27,36H,13H2,1-4H3,(H2,28,30,31,32). The van der Waals surface area contributed by atoms with Crippen LogP contribution in [0.25, 0.3) is 11.3 Å². The molecule has 1 aromatic carbocycles. The Morgan fingerprint density at radius 3 is 2.69 bits per heavy atom. The first-order valence-corrected chi connectivity index (χ1v) is 12.0. The van der Waals surface area contributed by atoms with Crippen LogP contribution in [0.2, 0.25) is 5.02 Å². The van der Waals surface area contributed by atoms with Gasteiger partial charge in [-0.05, 0) is 44.0 Å². The van der Waals surface area contributed by atoms with Crippen LogP contribution in [0.4, 0.5) is 17.6 Å². The summed E-state index contributed by atoms with van der Waals surface area (Å²) in [5, 5.41) is 26.7. The zero-order valence-corrected chi connectivity index (χ0v) is 21.2. The normalized spacial score (nSPS) is 12.0. The number of halogens is 1. The van der Waals surface area contributed by atoms with Crippen molar-refractivity contribution in [3.05, 3.63) is 77.0 Å². The Labute approximate surface area is 213 Å². The summed E-state index contributed by atoms with van der Waals surface area (Å²) in [7, 11) is 0. The Hall–Kier alpha value is -3.89. The van der Waals surface area contributed by atoms with E-state index in [2.05, 4.69) is 44.6 Å². The number of aromatic nitrogens is 7. The minimum atomic E-state index is -1.05. The SMILES string of the molecule is CC(C)c1cnn2c(NCc3c(Cl)cccc3-n3ccc(C(C)(C)O)n3)nc(Nc3cc[nH]c3)nc12. The summed E-state index contributed by atoms with van der Waals surface area (Å²) in [6.45, 7) is 7.98. The Morgan fingerprint density at radius 1 is 1.17 bits per heavy atom. The van der Waals surface area contributed by atoms with E-state index in [0.717, 1.165) is 28.1 Å². The third-order valence-corrected chi connectivity index (χ3v) is 6.21. The number of fused-ring (bicyclic) bond motifs is 1. The maximum Gasteiger partial charge on any atom is 0.232 e. The van der Waals surface area contributed by atoms with Crippen molar-refractivity contribution in [1.82, 2.24) is 34.3 Å². The van der Waals surface area contributed by atoms with Crippen molar-refractivity contribution in [3.8, 4) is 5.69 Å². The smallest absolute Gasteiger partial charge is 0.232 e. The van der Waals surface area contributed by atoms with Crippen LogP contribution in [0.3, 0.4) is 0 Å². The molecule has 0 bridgehead atoms. The second-order valence-corrected chi connectivity index (χ2v) is 9.79. The summed E-state index contributed by atoms with van der Waals surface area (Å²) in [5.74, 6) is 1.21. The Bertz CT molecular complexity index is 1500. The average molecular weight is 506 g/mol. The van der Waals surface area contributed by atoms with Crippen molar-refractivity contribution in [2.45, 2.75) is 45.8 Å². The highest BCUT2D eigenvalue weighted by Gasteiger charge is 2.21. The number of benzene rings is 1. The van der Waals surface area contributed by atoms with Crippen LogP contribution in [0.15, 0.2) is 55.1 Å². The van der Waals surface area contributed by atoms with E-state index in [1.807, 2.05) is 49.1 Å². The molecule has 11 heteroatoms. The number of nitrogens with one attached hydrogen (secondary N) is 3. The van der Waals surface area contributed by atoms with Gasteiger partial charge in [0.15, 0.2) is 5.65 Å². The molecular formula is C25H28ClN9O. The molecule has 0 aliphatic rings. The van der Waals surface area contributed by atoms with Gasteiger partial charge in [-0.1, -0.05) is 31.5 Å². The molecule has 0 fully saturated rings. The summed E-state index contributed by atoms with van der Waals surface area (Å²) < 4.78 is 3.42. The van der Waals surface area contributed by atoms with Gasteiger partial charge < -0.3 is 20.7 Å². The van der Waals surface area contributed by atoms with Gasteiger partial charge in [-0.2, -0.15) is 24.7 Å². The summed E-state index contributed by atoms with van der Waals surface area (Å²) in [4.78, 5) is 12.4. The lowest BCUT2D eigenvalue weighted by Gasteiger charge is -2.16. The minimum absolute atomic E-state index is 0.241. The molecule has 0 saturated heterocycles. The number of hydrogen-bond acceptors (Lipinski definition) is 7. The molecule has 0 spiro atoms. The molecule has 5 rings (SSSR count). The molecule has 0 radical (unpaired) electrons. The number of H-pyrrole nitrogens is 1. The topological polar surface area (TPSA) is 121 Å². The predicted molar refractivity (Wildman–Crippen MR) is 140 cm³/mol. The molecule has 36 heavy (non-hydrogen) atoms. The van der Waals surface area contributed by atoms with E-state index in [1.54, 1.807) is 29.1 Å². The van der Waals surface area contributed by atoms with E-state index < -0.39 is 5.60 Å². The Morgan fingerprint density at radius 2 is 2.00 bits per heavy atom. The highest BCUT2D eigenvalue weighted by molar-refractivity contribution is 6.31. The van der Waals surface area contributed by atoms with Crippen LogP contribution in [-0.2, 0) is 12.1 Å². The lowest BCUT2D eigenvalue weighted by Crippen LogP contribution is -2.17. The van der Waals surface area contributed by atoms with Crippen molar-refractivity contribution in [1.29, 1.82) is 0 Å². The highest BCUT2D eigenvalue weighted by Crippen LogP contribution is 2.27. The van der Waals surface area contributed by atoms with Gasteiger partial charge >= 0.3 is 0 Å². The van der Waals surface area contributed by atoms with Crippen LogP contribution in [0, 0.1) is 0 Å². The maximum absolute atomic E-state index is 10.3. The lowest BCUT2D eigenvalue weighted by atomic mass is 10.1. The molecule has 0 aliphatic carbocycles. The van der Waals surface area contributed by atoms with E-state index in [4.69, 9.17) is 16.6 Å². The molecule has 0 amide bonds. The van der Waals surface area contributed by atoms with Gasteiger partial charge in [-0.15, -0.1) is 0 Å². The van der Waals surface area contributed by atoms with Gasteiger partial charge in [0.25, 0.3) is 0 Å². The third kappa shape index (κ3) is 4.65. The maximum atomic E-state index is 10.3. The van der Waals surface area contributed by atoms with Gasteiger partial charge in [0, 0.05) is 41.3 Å². The summed E-state index contributed by atoms with van der Waals surface area (Å²) in [5.41, 5.74) is 3.74. The molecule has 4 N–H and O–H groups in total. The van der Waals surface area contributed by atoms with E-state index in [-0.39, 0.29) is 5.92 Å². The van der Waals surface area contributed by atoms with Gasteiger partial charge in [0.2, 0.25) is 11.9 Å². The van der Waals surface area contributed by atoms with Gasteiger partial charge in [-0.25, -0.2) is 4.68 Å². The third-order valence-electron chi connectivity index (χ3n) is 5.85. The molecule has 4 heterocycles. The molecule has 10 nitrogen and oxygen atoms in total. The molecule has 186 valence electrons. The molecular weight excluding hydrogens is 478 g/mol. The van der Waals surface area contributed by atoms with E-state index in [9.17, 15) is 5.11 Å². The zero-order valence-electron chi connectivity index (χ0n) is 20.5. The van der Waals surface area contributed by atoms with Gasteiger partial charge in [0.1, 0.15) is 5.60 Å². The van der Waals surface area contributed by atoms with E-state index in [0.29, 0.717) is 29.2 Å².